The first-order chi connectivity index (χ1) is 8.87. The number of nitrogens with one attached hydrogen (secondary N) is 1. The lowest BCUT2D eigenvalue weighted by molar-refractivity contribution is 0.450. The second kappa shape index (κ2) is 5.22. The molecule has 0 radical (unpaired) electrons. The molecule has 1 aliphatic rings. The number of hydrogen-bond acceptors (Lipinski definition) is 4. The van der Waals surface area contributed by atoms with Crippen LogP contribution < -0.4 is 5.32 Å². The van der Waals surface area contributed by atoms with Crippen LogP contribution in [-0.2, 0) is 17.1 Å². The van der Waals surface area contributed by atoms with Crippen LogP contribution in [0.4, 0.5) is 0 Å². The fourth-order valence-corrected chi connectivity index (χ4v) is 4.66. The molecule has 0 bridgehead atoms. The van der Waals surface area contributed by atoms with Crippen LogP contribution in [0.15, 0.2) is 4.90 Å². The number of hydrogen-bond donors (Lipinski definition) is 1. The Hall–Kier alpha value is -0.920. The summed E-state index contributed by atoms with van der Waals surface area (Å²) in [5.41, 5.74) is 1.28. The van der Waals surface area contributed by atoms with Gasteiger partial charge in [-0.2, -0.15) is 9.40 Å². The molecule has 7 heteroatoms. The Morgan fingerprint density at radius 2 is 2.11 bits per heavy atom. The summed E-state index contributed by atoms with van der Waals surface area (Å²) in [4.78, 5) is 0.375. The van der Waals surface area contributed by atoms with Crippen molar-refractivity contribution in [2.75, 3.05) is 26.7 Å². The Morgan fingerprint density at radius 3 is 2.63 bits per heavy atom. The van der Waals surface area contributed by atoms with Gasteiger partial charge in [0, 0.05) is 20.1 Å². The van der Waals surface area contributed by atoms with Crippen molar-refractivity contribution in [3.05, 3.63) is 11.4 Å². The summed E-state index contributed by atoms with van der Waals surface area (Å²) in [6.45, 7) is 5.60. The van der Waals surface area contributed by atoms with Crippen molar-refractivity contribution in [1.82, 2.24) is 19.4 Å². The number of rotatable bonds is 4. The van der Waals surface area contributed by atoms with Crippen molar-refractivity contribution in [3.8, 4) is 0 Å². The van der Waals surface area contributed by atoms with Crippen LogP contribution in [0.25, 0.3) is 0 Å². The molecule has 2 rings (SSSR count). The molecule has 108 valence electrons. The van der Waals surface area contributed by atoms with Gasteiger partial charge in [-0.25, -0.2) is 8.42 Å². The number of aromatic nitrogens is 2. The van der Waals surface area contributed by atoms with Crippen molar-refractivity contribution >= 4 is 10.0 Å². The summed E-state index contributed by atoms with van der Waals surface area (Å²) < 4.78 is 28.6. The van der Waals surface area contributed by atoms with E-state index in [4.69, 9.17) is 0 Å². The fraction of sp³-hybridized carbons (Fsp3) is 0.750. The first-order valence-corrected chi connectivity index (χ1v) is 7.97. The molecule has 1 unspecified atom stereocenters. The van der Waals surface area contributed by atoms with E-state index < -0.39 is 10.0 Å². The summed E-state index contributed by atoms with van der Waals surface area (Å²) in [6, 6.07) is 0. The minimum atomic E-state index is -3.41. The van der Waals surface area contributed by atoms with Gasteiger partial charge in [-0.15, -0.1) is 0 Å². The van der Waals surface area contributed by atoms with Crippen molar-refractivity contribution in [3.63, 3.8) is 0 Å². The highest BCUT2D eigenvalue weighted by Gasteiger charge is 2.35. The Kier molecular flexibility index (Phi) is 3.98. The van der Waals surface area contributed by atoms with Crippen LogP contribution in [0.1, 0.15) is 17.8 Å². The van der Waals surface area contributed by atoms with E-state index in [1.165, 1.54) is 0 Å². The third-order valence-corrected chi connectivity index (χ3v) is 5.90. The summed E-state index contributed by atoms with van der Waals surface area (Å²) >= 11 is 0. The van der Waals surface area contributed by atoms with Crippen molar-refractivity contribution in [2.45, 2.75) is 25.2 Å². The van der Waals surface area contributed by atoms with Crippen LogP contribution in [0, 0.1) is 19.8 Å². The lowest BCUT2D eigenvalue weighted by Gasteiger charge is -2.17. The van der Waals surface area contributed by atoms with Gasteiger partial charge < -0.3 is 5.32 Å². The van der Waals surface area contributed by atoms with Crippen LogP contribution in [0.3, 0.4) is 0 Å². The molecule has 1 aromatic rings. The lowest BCUT2D eigenvalue weighted by Crippen LogP contribution is -2.31. The number of aryl methyl sites for hydroxylation is 2. The molecule has 0 spiro atoms. The summed E-state index contributed by atoms with van der Waals surface area (Å²) in [5, 5.41) is 7.31. The predicted octanol–water partition coefficient (Wildman–Crippen LogP) is 0.267. The van der Waals surface area contributed by atoms with Gasteiger partial charge in [-0.1, -0.05) is 0 Å². The Balaban J connectivity index is 2.29. The molecule has 0 aromatic carbocycles. The SMILES string of the molecule is CNCC1CCN(S(=O)(=O)c2c(C)nn(C)c2C)C1. The van der Waals surface area contributed by atoms with Crippen LogP contribution >= 0.6 is 0 Å². The maximum absolute atomic E-state index is 12.7. The number of nitrogens with zero attached hydrogens (tertiary/aromatic N) is 3. The standard InChI is InChI=1S/C12H22N4O2S/c1-9-12(10(2)15(4)14-9)19(17,18)16-6-5-11(8-16)7-13-3/h11,13H,5-8H2,1-4H3. The van der Waals surface area contributed by atoms with Gasteiger partial charge in [0.05, 0.1) is 11.4 Å². The maximum atomic E-state index is 12.7. The zero-order chi connectivity index (χ0) is 14.2. The van der Waals surface area contributed by atoms with Gasteiger partial charge in [-0.3, -0.25) is 4.68 Å². The van der Waals surface area contributed by atoms with E-state index in [0.717, 1.165) is 13.0 Å². The lowest BCUT2D eigenvalue weighted by atomic mass is 10.1. The molecule has 1 aromatic heterocycles. The summed E-state index contributed by atoms with van der Waals surface area (Å²) in [6.07, 6.45) is 0.915. The van der Waals surface area contributed by atoms with Gasteiger partial charge >= 0.3 is 0 Å². The van der Waals surface area contributed by atoms with E-state index in [1.807, 2.05) is 7.05 Å². The monoisotopic (exact) mass is 286 g/mol. The molecule has 19 heavy (non-hydrogen) atoms. The van der Waals surface area contributed by atoms with Gasteiger partial charge in [0.2, 0.25) is 10.0 Å². The Labute approximate surface area is 114 Å². The maximum Gasteiger partial charge on any atom is 0.246 e. The van der Waals surface area contributed by atoms with E-state index >= 15 is 0 Å². The fourth-order valence-electron chi connectivity index (χ4n) is 2.73. The quantitative estimate of drug-likeness (QED) is 0.862. The topological polar surface area (TPSA) is 67.2 Å². The van der Waals surface area contributed by atoms with Gasteiger partial charge in [0.1, 0.15) is 4.90 Å². The van der Waals surface area contributed by atoms with E-state index in [-0.39, 0.29) is 0 Å². The second-order valence-corrected chi connectivity index (χ2v) is 7.07. The average molecular weight is 286 g/mol. The normalized spacial score (nSPS) is 21.2. The average Bonchev–Trinajstić information content (AvgIpc) is 2.87. The molecule has 1 saturated heterocycles. The molecule has 2 heterocycles. The molecule has 0 saturated carbocycles. The van der Waals surface area contributed by atoms with Gasteiger partial charge in [0.25, 0.3) is 0 Å². The van der Waals surface area contributed by atoms with E-state index in [1.54, 1.807) is 29.9 Å². The number of sulfonamides is 1. The van der Waals surface area contributed by atoms with E-state index in [2.05, 4.69) is 10.4 Å². The molecule has 0 aliphatic carbocycles. The molecule has 1 N–H and O–H groups in total. The van der Waals surface area contributed by atoms with E-state index in [9.17, 15) is 8.42 Å². The highest BCUT2D eigenvalue weighted by atomic mass is 32.2. The minimum Gasteiger partial charge on any atom is -0.319 e. The third-order valence-electron chi connectivity index (χ3n) is 3.78. The predicted molar refractivity (Wildman–Crippen MR) is 73.5 cm³/mol. The first kappa shape index (κ1) is 14.5. The van der Waals surface area contributed by atoms with Crippen molar-refractivity contribution in [2.24, 2.45) is 13.0 Å². The first-order valence-electron chi connectivity index (χ1n) is 6.53. The van der Waals surface area contributed by atoms with Crippen LogP contribution in [-0.4, -0.2) is 49.2 Å². The van der Waals surface area contributed by atoms with Gasteiger partial charge in [-0.05, 0) is 39.8 Å². The summed E-state index contributed by atoms with van der Waals surface area (Å²) in [7, 11) is 0.260. The largest absolute Gasteiger partial charge is 0.319 e. The summed E-state index contributed by atoms with van der Waals surface area (Å²) in [5.74, 6) is 0.400. The third kappa shape index (κ3) is 2.54. The zero-order valence-electron chi connectivity index (χ0n) is 12.0. The van der Waals surface area contributed by atoms with E-state index in [0.29, 0.717) is 35.3 Å². The molecule has 6 nitrogen and oxygen atoms in total. The van der Waals surface area contributed by atoms with Gasteiger partial charge in [0.15, 0.2) is 0 Å². The van der Waals surface area contributed by atoms with Crippen LogP contribution in [0.5, 0.6) is 0 Å². The molecule has 1 aliphatic heterocycles. The van der Waals surface area contributed by atoms with Crippen molar-refractivity contribution in [1.29, 1.82) is 0 Å². The smallest absolute Gasteiger partial charge is 0.246 e. The molecule has 1 fully saturated rings. The molecule has 0 amide bonds. The molecular weight excluding hydrogens is 264 g/mol. The van der Waals surface area contributed by atoms with Crippen LogP contribution in [0.2, 0.25) is 0 Å². The Bertz CT molecular complexity index is 565. The highest BCUT2D eigenvalue weighted by Crippen LogP contribution is 2.27. The zero-order valence-corrected chi connectivity index (χ0v) is 12.8. The molecule has 1 atom stereocenters. The highest BCUT2D eigenvalue weighted by molar-refractivity contribution is 7.89. The van der Waals surface area contributed by atoms with Crippen molar-refractivity contribution < 1.29 is 8.42 Å². The minimum absolute atomic E-state index is 0.375. The Morgan fingerprint density at radius 1 is 1.42 bits per heavy atom. The molecular formula is C12H22N4O2S. The second-order valence-electron chi connectivity index (χ2n) is 5.20.